The van der Waals surface area contributed by atoms with E-state index in [1.165, 1.54) is 14.0 Å². The van der Waals surface area contributed by atoms with Crippen LogP contribution in [-0.4, -0.2) is 31.1 Å². The van der Waals surface area contributed by atoms with Gasteiger partial charge in [-0.05, 0) is 51.7 Å². The highest BCUT2D eigenvalue weighted by molar-refractivity contribution is 14.1. The first-order valence-electron chi connectivity index (χ1n) is 6.58. The molecular formula is C15H19Cl2IN2S. The summed E-state index contributed by atoms with van der Waals surface area (Å²) >= 11 is 4.23. The van der Waals surface area contributed by atoms with E-state index in [1.54, 1.807) is 0 Å². The highest BCUT2D eigenvalue weighted by atomic mass is 127. The molecule has 2 nitrogen and oxygen atoms in total. The van der Waals surface area contributed by atoms with Crippen molar-refractivity contribution in [1.29, 1.82) is 0 Å². The molecule has 21 heavy (non-hydrogen) atoms. The Balaban J connectivity index is 0.00000110. The van der Waals surface area contributed by atoms with Crippen LogP contribution in [0.5, 0.6) is 0 Å². The molecule has 0 amide bonds. The largest absolute Gasteiger partial charge is 0.314 e. The molecule has 1 saturated heterocycles. The van der Waals surface area contributed by atoms with Crippen molar-refractivity contribution in [1.82, 2.24) is 10.2 Å². The smallest absolute Gasteiger partial charge is 0.0696 e. The molecule has 116 valence electrons. The van der Waals surface area contributed by atoms with Gasteiger partial charge in [-0.3, -0.25) is 4.90 Å². The van der Waals surface area contributed by atoms with Crippen LogP contribution in [0.15, 0.2) is 41.8 Å². The molecule has 1 aromatic heterocycles. The maximum atomic E-state index is 3.44. The van der Waals surface area contributed by atoms with Crippen molar-refractivity contribution in [2.24, 2.45) is 0 Å². The number of thiophene rings is 1. The number of nitrogens with one attached hydrogen (secondary N) is 1. The Labute approximate surface area is 156 Å². The quantitative estimate of drug-likeness (QED) is 0.696. The summed E-state index contributed by atoms with van der Waals surface area (Å²) in [5.41, 5.74) is 1.41. The number of halogens is 3. The Bertz CT molecular complexity index is 513. The highest BCUT2D eigenvalue weighted by Crippen LogP contribution is 2.32. The molecule has 0 bridgehead atoms. The fraction of sp³-hybridized carbons (Fsp3) is 0.333. The van der Waals surface area contributed by atoms with Crippen LogP contribution in [-0.2, 0) is 0 Å². The van der Waals surface area contributed by atoms with Crippen LogP contribution < -0.4 is 5.32 Å². The summed E-state index contributed by atoms with van der Waals surface area (Å²) < 4.78 is 1.30. The molecule has 1 fully saturated rings. The van der Waals surface area contributed by atoms with Gasteiger partial charge in [0.25, 0.3) is 0 Å². The molecule has 1 N–H and O–H groups in total. The second-order valence-electron chi connectivity index (χ2n) is 4.76. The highest BCUT2D eigenvalue weighted by Gasteiger charge is 2.24. The van der Waals surface area contributed by atoms with Crippen LogP contribution in [0.4, 0.5) is 0 Å². The minimum atomic E-state index is 0. The van der Waals surface area contributed by atoms with Gasteiger partial charge in [0.1, 0.15) is 0 Å². The first kappa shape index (κ1) is 19.2. The number of nitrogens with zero attached hydrogens (tertiary/aromatic N) is 1. The van der Waals surface area contributed by atoms with Gasteiger partial charge in [0.2, 0.25) is 0 Å². The van der Waals surface area contributed by atoms with Crippen LogP contribution in [0.1, 0.15) is 16.5 Å². The molecule has 1 aromatic carbocycles. The van der Waals surface area contributed by atoms with Crippen molar-refractivity contribution < 1.29 is 0 Å². The van der Waals surface area contributed by atoms with Gasteiger partial charge in [-0.2, -0.15) is 0 Å². The zero-order valence-corrected chi connectivity index (χ0v) is 16.1. The number of rotatable bonds is 3. The first-order chi connectivity index (χ1) is 9.34. The Morgan fingerprint density at radius 1 is 1.05 bits per heavy atom. The predicted octanol–water partition coefficient (Wildman–Crippen LogP) is 4.19. The fourth-order valence-electron chi connectivity index (χ4n) is 2.59. The average molecular weight is 457 g/mol. The molecule has 2 aromatic rings. The van der Waals surface area contributed by atoms with Crippen molar-refractivity contribution in [3.8, 4) is 0 Å². The Kier molecular flexibility index (Phi) is 8.52. The Morgan fingerprint density at radius 2 is 1.71 bits per heavy atom. The lowest BCUT2D eigenvalue weighted by molar-refractivity contribution is 0.200. The van der Waals surface area contributed by atoms with Gasteiger partial charge in [0.15, 0.2) is 0 Å². The van der Waals surface area contributed by atoms with E-state index in [0.29, 0.717) is 6.04 Å². The van der Waals surface area contributed by atoms with E-state index in [2.05, 4.69) is 74.6 Å². The van der Waals surface area contributed by atoms with Gasteiger partial charge < -0.3 is 5.32 Å². The molecule has 0 saturated carbocycles. The molecule has 0 radical (unpaired) electrons. The van der Waals surface area contributed by atoms with E-state index in [9.17, 15) is 0 Å². The predicted molar refractivity (Wildman–Crippen MR) is 104 cm³/mol. The monoisotopic (exact) mass is 456 g/mol. The van der Waals surface area contributed by atoms with Crippen LogP contribution in [0, 0.1) is 3.57 Å². The molecule has 2 heterocycles. The molecule has 6 heteroatoms. The maximum absolute atomic E-state index is 3.44. The summed E-state index contributed by atoms with van der Waals surface area (Å²) in [5, 5.41) is 5.61. The van der Waals surface area contributed by atoms with E-state index in [0.717, 1.165) is 26.2 Å². The molecule has 0 spiro atoms. The number of benzene rings is 1. The minimum absolute atomic E-state index is 0. The molecule has 0 unspecified atom stereocenters. The van der Waals surface area contributed by atoms with Gasteiger partial charge in [0, 0.05) is 34.6 Å². The summed E-state index contributed by atoms with van der Waals surface area (Å²) in [4.78, 5) is 4.04. The van der Waals surface area contributed by atoms with Crippen LogP contribution >= 0.6 is 58.7 Å². The Hall–Kier alpha value is 0.150. The van der Waals surface area contributed by atoms with Crippen molar-refractivity contribution in [3.05, 3.63) is 55.8 Å². The van der Waals surface area contributed by atoms with Crippen molar-refractivity contribution in [2.75, 3.05) is 26.2 Å². The normalized spacial score (nSPS) is 16.6. The zero-order valence-electron chi connectivity index (χ0n) is 11.5. The Morgan fingerprint density at radius 3 is 2.29 bits per heavy atom. The SMILES string of the molecule is Cl.Cl.Ic1ccc([C@@H](c2cccs2)N2CCNCC2)cc1. The summed E-state index contributed by atoms with van der Waals surface area (Å²) in [6, 6.07) is 13.8. The van der Waals surface area contributed by atoms with Crippen molar-refractivity contribution in [3.63, 3.8) is 0 Å². The van der Waals surface area contributed by atoms with Crippen molar-refractivity contribution >= 4 is 58.7 Å². The summed E-state index contributed by atoms with van der Waals surface area (Å²) in [6.07, 6.45) is 0. The third-order valence-corrected chi connectivity index (χ3v) is 5.16. The van der Waals surface area contributed by atoms with E-state index < -0.39 is 0 Å². The van der Waals surface area contributed by atoms with Crippen LogP contribution in [0.25, 0.3) is 0 Å². The minimum Gasteiger partial charge on any atom is -0.314 e. The molecule has 1 aliphatic heterocycles. The van der Waals surface area contributed by atoms with Gasteiger partial charge in [-0.15, -0.1) is 36.2 Å². The fourth-order valence-corrected chi connectivity index (χ4v) is 3.83. The topological polar surface area (TPSA) is 15.3 Å². The third-order valence-electron chi connectivity index (χ3n) is 3.52. The van der Waals surface area contributed by atoms with E-state index in [4.69, 9.17) is 0 Å². The van der Waals surface area contributed by atoms with E-state index in [1.807, 2.05) is 11.3 Å². The van der Waals surface area contributed by atoms with E-state index in [-0.39, 0.29) is 24.8 Å². The van der Waals surface area contributed by atoms with Gasteiger partial charge in [0.05, 0.1) is 6.04 Å². The molecule has 0 aliphatic carbocycles. The maximum Gasteiger partial charge on any atom is 0.0696 e. The standard InChI is InChI=1S/C15H17IN2S.2ClH/c16-13-5-3-12(4-6-13)15(14-2-1-11-19-14)18-9-7-17-8-10-18;;/h1-6,11,15,17H,7-10H2;2*1H/t15-;;/m0../s1. The lowest BCUT2D eigenvalue weighted by atomic mass is 10.0. The summed E-state index contributed by atoms with van der Waals surface area (Å²) in [6.45, 7) is 4.42. The summed E-state index contributed by atoms with van der Waals surface area (Å²) in [7, 11) is 0. The molecular weight excluding hydrogens is 438 g/mol. The van der Waals surface area contributed by atoms with Gasteiger partial charge >= 0.3 is 0 Å². The molecule has 3 rings (SSSR count). The average Bonchev–Trinajstić information content (AvgIpc) is 2.96. The van der Waals surface area contributed by atoms with Crippen LogP contribution in [0.2, 0.25) is 0 Å². The number of hydrogen-bond donors (Lipinski definition) is 1. The van der Waals surface area contributed by atoms with Gasteiger partial charge in [-0.25, -0.2) is 0 Å². The van der Waals surface area contributed by atoms with E-state index >= 15 is 0 Å². The third kappa shape index (κ3) is 4.81. The summed E-state index contributed by atoms with van der Waals surface area (Å²) in [5.74, 6) is 0. The van der Waals surface area contributed by atoms with Gasteiger partial charge in [-0.1, -0.05) is 18.2 Å². The molecule has 1 aliphatic rings. The van der Waals surface area contributed by atoms with Crippen LogP contribution in [0.3, 0.4) is 0 Å². The zero-order chi connectivity index (χ0) is 13.1. The molecule has 1 atom stereocenters. The number of hydrogen-bond acceptors (Lipinski definition) is 3. The second-order valence-corrected chi connectivity index (χ2v) is 6.98. The lowest BCUT2D eigenvalue weighted by Gasteiger charge is -2.34. The lowest BCUT2D eigenvalue weighted by Crippen LogP contribution is -2.45. The van der Waals surface area contributed by atoms with Crippen molar-refractivity contribution in [2.45, 2.75) is 6.04 Å². The first-order valence-corrected chi connectivity index (χ1v) is 8.54. The number of piperazine rings is 1. The second kappa shape index (κ2) is 9.33.